The Balaban J connectivity index is 2.13. The molecule has 8 heteroatoms. The third-order valence-electron chi connectivity index (χ3n) is 2.61. The fourth-order valence-corrected chi connectivity index (χ4v) is 2.84. The maximum absolute atomic E-state index is 11.1. The first kappa shape index (κ1) is 14.6. The number of hydrogen-bond acceptors (Lipinski definition) is 6. The van der Waals surface area contributed by atoms with E-state index in [0.717, 1.165) is 16.3 Å². The number of benzene rings is 1. The summed E-state index contributed by atoms with van der Waals surface area (Å²) in [5.74, 6) is 0. The molecule has 1 aromatic carbocycles. The minimum atomic E-state index is -3.66. The molecule has 1 heterocycles. The Morgan fingerprint density at radius 1 is 1.35 bits per heavy atom. The van der Waals surface area contributed by atoms with Gasteiger partial charge in [-0.05, 0) is 38.1 Å². The lowest BCUT2D eigenvalue weighted by atomic mass is 10.3. The SMILES string of the molecule is CC(=NNc1ccc(S(N)(=O)=O)cc1)c1scnc1C. The van der Waals surface area contributed by atoms with Gasteiger partial charge in [0, 0.05) is 0 Å². The predicted molar refractivity (Wildman–Crippen MR) is 80.5 cm³/mol. The van der Waals surface area contributed by atoms with Gasteiger partial charge in [-0.3, -0.25) is 5.43 Å². The molecule has 0 amide bonds. The van der Waals surface area contributed by atoms with Crippen molar-refractivity contribution in [3.8, 4) is 0 Å². The van der Waals surface area contributed by atoms with Gasteiger partial charge in [-0.2, -0.15) is 5.10 Å². The quantitative estimate of drug-likeness (QED) is 0.666. The standard InChI is InChI=1S/C12H14N4O2S2/c1-8-12(19-7-14-8)9(2)15-16-10-3-5-11(6-4-10)20(13,17)18/h3-7,16H,1-2H3,(H2,13,17,18). The van der Waals surface area contributed by atoms with Crippen molar-refractivity contribution in [2.45, 2.75) is 18.7 Å². The van der Waals surface area contributed by atoms with Crippen LogP contribution in [0.3, 0.4) is 0 Å². The lowest BCUT2D eigenvalue weighted by Gasteiger charge is -2.04. The molecule has 20 heavy (non-hydrogen) atoms. The highest BCUT2D eigenvalue weighted by molar-refractivity contribution is 7.89. The summed E-state index contributed by atoms with van der Waals surface area (Å²) in [7, 11) is -3.66. The number of primary sulfonamides is 1. The van der Waals surface area contributed by atoms with Gasteiger partial charge in [0.1, 0.15) is 0 Å². The van der Waals surface area contributed by atoms with E-state index >= 15 is 0 Å². The van der Waals surface area contributed by atoms with Crippen LogP contribution in [0.1, 0.15) is 17.5 Å². The number of sulfonamides is 1. The number of aryl methyl sites for hydroxylation is 1. The highest BCUT2D eigenvalue weighted by Crippen LogP contribution is 2.15. The number of thiazole rings is 1. The number of nitrogens with two attached hydrogens (primary N) is 1. The van der Waals surface area contributed by atoms with Crippen LogP contribution in [0.5, 0.6) is 0 Å². The van der Waals surface area contributed by atoms with E-state index in [-0.39, 0.29) is 4.90 Å². The van der Waals surface area contributed by atoms with E-state index < -0.39 is 10.0 Å². The maximum Gasteiger partial charge on any atom is 0.238 e. The van der Waals surface area contributed by atoms with Crippen LogP contribution in [0.25, 0.3) is 0 Å². The van der Waals surface area contributed by atoms with E-state index in [0.29, 0.717) is 5.69 Å². The van der Waals surface area contributed by atoms with Crippen molar-refractivity contribution < 1.29 is 8.42 Å². The molecule has 0 saturated carbocycles. The van der Waals surface area contributed by atoms with E-state index in [1.54, 1.807) is 17.6 Å². The first-order chi connectivity index (χ1) is 9.38. The van der Waals surface area contributed by atoms with Gasteiger partial charge >= 0.3 is 0 Å². The normalized spacial score (nSPS) is 12.4. The number of hydrazone groups is 1. The van der Waals surface area contributed by atoms with Gasteiger partial charge in [0.25, 0.3) is 0 Å². The molecular formula is C12H14N4O2S2. The molecule has 6 nitrogen and oxygen atoms in total. The Bertz CT molecular complexity index is 733. The van der Waals surface area contributed by atoms with Gasteiger partial charge in [-0.25, -0.2) is 18.5 Å². The molecule has 0 bridgehead atoms. The average Bonchev–Trinajstić information content (AvgIpc) is 2.82. The fourth-order valence-electron chi connectivity index (χ4n) is 1.57. The molecule has 0 fully saturated rings. The molecule has 3 N–H and O–H groups in total. The molecular weight excluding hydrogens is 296 g/mol. The molecule has 0 radical (unpaired) electrons. The Hall–Kier alpha value is -1.77. The lowest BCUT2D eigenvalue weighted by Crippen LogP contribution is -2.11. The second-order valence-corrected chi connectivity index (χ2v) is 6.56. The Morgan fingerprint density at radius 3 is 2.50 bits per heavy atom. The van der Waals surface area contributed by atoms with Crippen LogP contribution in [0.4, 0.5) is 5.69 Å². The lowest BCUT2D eigenvalue weighted by molar-refractivity contribution is 0.598. The summed E-state index contributed by atoms with van der Waals surface area (Å²) >= 11 is 1.52. The summed E-state index contributed by atoms with van der Waals surface area (Å²) in [6.45, 7) is 3.80. The van der Waals surface area contributed by atoms with Crippen LogP contribution in [0, 0.1) is 6.92 Å². The van der Waals surface area contributed by atoms with Crippen molar-refractivity contribution in [2.24, 2.45) is 10.2 Å². The van der Waals surface area contributed by atoms with Crippen LogP contribution >= 0.6 is 11.3 Å². The minimum Gasteiger partial charge on any atom is -0.278 e. The second kappa shape index (κ2) is 5.70. The highest BCUT2D eigenvalue weighted by atomic mass is 32.2. The summed E-state index contributed by atoms with van der Waals surface area (Å²) in [5, 5.41) is 9.27. The van der Waals surface area contributed by atoms with E-state index in [9.17, 15) is 8.42 Å². The summed E-state index contributed by atoms with van der Waals surface area (Å²) in [4.78, 5) is 5.24. The topological polar surface area (TPSA) is 97.4 Å². The van der Waals surface area contributed by atoms with E-state index in [4.69, 9.17) is 5.14 Å². The van der Waals surface area contributed by atoms with Gasteiger partial charge < -0.3 is 0 Å². The number of anilines is 1. The molecule has 0 aliphatic rings. The van der Waals surface area contributed by atoms with Crippen LogP contribution in [-0.2, 0) is 10.0 Å². The maximum atomic E-state index is 11.1. The largest absolute Gasteiger partial charge is 0.278 e. The van der Waals surface area contributed by atoms with Crippen molar-refractivity contribution in [2.75, 3.05) is 5.43 Å². The molecule has 0 aliphatic heterocycles. The van der Waals surface area contributed by atoms with Crippen molar-refractivity contribution in [3.63, 3.8) is 0 Å². The first-order valence-corrected chi connectivity index (χ1v) is 8.14. The third-order valence-corrected chi connectivity index (χ3v) is 4.58. The highest BCUT2D eigenvalue weighted by Gasteiger charge is 2.07. The smallest absolute Gasteiger partial charge is 0.238 e. The summed E-state index contributed by atoms with van der Waals surface area (Å²) in [6, 6.07) is 6.08. The van der Waals surface area contributed by atoms with Crippen molar-refractivity contribution in [1.29, 1.82) is 0 Å². The van der Waals surface area contributed by atoms with Crippen molar-refractivity contribution >= 4 is 32.8 Å². The van der Waals surface area contributed by atoms with Crippen LogP contribution in [0.2, 0.25) is 0 Å². The van der Waals surface area contributed by atoms with E-state index in [1.165, 1.54) is 23.5 Å². The molecule has 2 aromatic rings. The van der Waals surface area contributed by atoms with E-state index in [1.807, 2.05) is 13.8 Å². The summed E-state index contributed by atoms with van der Waals surface area (Å²) in [5.41, 5.74) is 7.07. The number of nitrogens with one attached hydrogen (secondary N) is 1. The van der Waals surface area contributed by atoms with Gasteiger partial charge in [-0.15, -0.1) is 11.3 Å². The van der Waals surface area contributed by atoms with E-state index in [2.05, 4.69) is 15.5 Å². The Morgan fingerprint density at radius 2 is 2.00 bits per heavy atom. The zero-order valence-electron chi connectivity index (χ0n) is 11.0. The molecule has 2 rings (SSSR count). The number of nitrogens with zero attached hydrogens (tertiary/aromatic N) is 2. The third kappa shape index (κ3) is 3.41. The van der Waals surface area contributed by atoms with Gasteiger partial charge in [0.2, 0.25) is 10.0 Å². The Labute approximate surface area is 121 Å². The van der Waals surface area contributed by atoms with Gasteiger partial charge in [-0.1, -0.05) is 0 Å². The summed E-state index contributed by atoms with van der Waals surface area (Å²) in [6.07, 6.45) is 0. The predicted octanol–water partition coefficient (Wildman–Crippen LogP) is 1.94. The molecule has 0 saturated heterocycles. The zero-order valence-corrected chi connectivity index (χ0v) is 12.6. The monoisotopic (exact) mass is 310 g/mol. The van der Waals surface area contributed by atoms with Gasteiger partial charge in [0.05, 0.1) is 32.4 Å². The van der Waals surface area contributed by atoms with Gasteiger partial charge in [0.15, 0.2) is 0 Å². The molecule has 0 unspecified atom stereocenters. The zero-order chi connectivity index (χ0) is 14.8. The number of rotatable bonds is 4. The molecule has 0 aliphatic carbocycles. The molecule has 106 valence electrons. The summed E-state index contributed by atoms with van der Waals surface area (Å²) < 4.78 is 22.3. The molecule has 1 aromatic heterocycles. The second-order valence-electron chi connectivity index (χ2n) is 4.15. The minimum absolute atomic E-state index is 0.0713. The fraction of sp³-hybridized carbons (Fsp3) is 0.167. The molecule has 0 atom stereocenters. The first-order valence-electron chi connectivity index (χ1n) is 5.71. The van der Waals surface area contributed by atoms with Crippen LogP contribution in [0.15, 0.2) is 39.8 Å². The average molecular weight is 310 g/mol. The Kier molecular flexibility index (Phi) is 4.17. The number of hydrogen-bond donors (Lipinski definition) is 2. The molecule has 0 spiro atoms. The van der Waals surface area contributed by atoms with Crippen LogP contribution in [-0.4, -0.2) is 19.1 Å². The van der Waals surface area contributed by atoms with Crippen LogP contribution < -0.4 is 10.6 Å². The van der Waals surface area contributed by atoms with Crippen molar-refractivity contribution in [3.05, 3.63) is 40.3 Å². The van der Waals surface area contributed by atoms with Crippen molar-refractivity contribution in [1.82, 2.24) is 4.98 Å². The number of aromatic nitrogens is 1.